The van der Waals surface area contributed by atoms with E-state index >= 15 is 0 Å². The molecule has 0 saturated heterocycles. The van der Waals surface area contributed by atoms with Crippen LogP contribution in [0, 0.1) is 11.3 Å². The Hall–Kier alpha value is -4.70. The van der Waals surface area contributed by atoms with E-state index in [9.17, 15) is 14.4 Å². The van der Waals surface area contributed by atoms with Gasteiger partial charge in [0, 0.05) is 11.1 Å². The Morgan fingerprint density at radius 2 is 1.76 bits per heavy atom. The zero-order valence-corrected chi connectivity index (χ0v) is 17.6. The third-order valence-corrected chi connectivity index (χ3v) is 5.12. The molecular formula is C26H18N2O5. The molecule has 7 nitrogen and oxygen atoms in total. The van der Waals surface area contributed by atoms with Gasteiger partial charge < -0.3 is 9.15 Å². The van der Waals surface area contributed by atoms with Crippen molar-refractivity contribution in [3.8, 4) is 17.4 Å². The van der Waals surface area contributed by atoms with Crippen molar-refractivity contribution in [2.24, 2.45) is 0 Å². The van der Waals surface area contributed by atoms with Crippen LogP contribution in [0.15, 0.2) is 87.9 Å². The van der Waals surface area contributed by atoms with E-state index in [-0.39, 0.29) is 17.8 Å². The highest BCUT2D eigenvalue weighted by Gasteiger charge is 2.27. The van der Waals surface area contributed by atoms with E-state index in [1.807, 2.05) is 36.4 Å². The lowest BCUT2D eigenvalue weighted by Gasteiger charge is -2.15. The van der Waals surface area contributed by atoms with E-state index in [1.54, 1.807) is 43.3 Å². The highest BCUT2D eigenvalue weighted by molar-refractivity contribution is 6.19. The van der Waals surface area contributed by atoms with Crippen LogP contribution in [-0.4, -0.2) is 17.8 Å². The first-order valence-electron chi connectivity index (χ1n) is 10.1. The quantitative estimate of drug-likeness (QED) is 0.364. The monoisotopic (exact) mass is 438 g/mol. The maximum Gasteiger partial charge on any atom is 0.338 e. The van der Waals surface area contributed by atoms with Crippen LogP contribution in [-0.2, 0) is 20.9 Å². The molecule has 1 aliphatic rings. The number of hydrogen-bond donors (Lipinski definition) is 1. The van der Waals surface area contributed by atoms with E-state index < -0.39 is 17.8 Å². The van der Waals surface area contributed by atoms with Crippen LogP contribution in [0.25, 0.3) is 17.4 Å². The fourth-order valence-corrected chi connectivity index (χ4v) is 3.32. The van der Waals surface area contributed by atoms with Gasteiger partial charge in [-0.05, 0) is 48.4 Å². The van der Waals surface area contributed by atoms with Crippen LogP contribution >= 0.6 is 0 Å². The van der Waals surface area contributed by atoms with E-state index in [0.717, 1.165) is 11.1 Å². The third kappa shape index (κ3) is 4.65. The minimum atomic E-state index is -0.709. The highest BCUT2D eigenvalue weighted by Crippen LogP contribution is 2.27. The molecule has 0 saturated carbocycles. The predicted octanol–water partition coefficient (Wildman–Crippen LogP) is 4.18. The van der Waals surface area contributed by atoms with E-state index in [0.29, 0.717) is 22.7 Å². The van der Waals surface area contributed by atoms with Crippen LogP contribution in [0.1, 0.15) is 28.6 Å². The van der Waals surface area contributed by atoms with Crippen molar-refractivity contribution in [1.82, 2.24) is 5.32 Å². The number of carbonyl (C=O) groups excluding carboxylic acids is 3. The van der Waals surface area contributed by atoms with Gasteiger partial charge in [-0.25, -0.2) is 4.79 Å². The number of amides is 2. The second kappa shape index (κ2) is 9.20. The van der Waals surface area contributed by atoms with Crippen LogP contribution in [0.2, 0.25) is 0 Å². The van der Waals surface area contributed by atoms with Gasteiger partial charge in [-0.3, -0.25) is 14.9 Å². The second-order valence-electron chi connectivity index (χ2n) is 7.29. The number of rotatable bonds is 5. The SMILES string of the molecule is CC1=C(C#N)C(=O)NC(=O)/C1=C\c1ccc(-c2ccc(C(=O)OCc3ccccc3)cc2)o1. The third-order valence-electron chi connectivity index (χ3n) is 5.12. The molecule has 1 N–H and O–H groups in total. The van der Waals surface area contributed by atoms with Gasteiger partial charge in [-0.1, -0.05) is 42.5 Å². The second-order valence-corrected chi connectivity index (χ2v) is 7.29. The summed E-state index contributed by atoms with van der Waals surface area (Å²) in [5.74, 6) is -0.816. The maximum atomic E-state index is 12.3. The summed E-state index contributed by atoms with van der Waals surface area (Å²) >= 11 is 0. The molecular weight excluding hydrogens is 420 g/mol. The summed E-state index contributed by atoms with van der Waals surface area (Å²) in [4.78, 5) is 36.2. The lowest BCUT2D eigenvalue weighted by molar-refractivity contribution is -0.126. The molecule has 0 unspecified atom stereocenters. The molecule has 0 aliphatic carbocycles. The number of furan rings is 1. The largest absolute Gasteiger partial charge is 0.457 e. The van der Waals surface area contributed by atoms with Crippen LogP contribution in [0.4, 0.5) is 0 Å². The molecule has 0 radical (unpaired) electrons. The van der Waals surface area contributed by atoms with Crippen LogP contribution < -0.4 is 5.32 Å². The molecule has 7 heteroatoms. The zero-order chi connectivity index (χ0) is 23.4. The minimum absolute atomic E-state index is 0.109. The maximum absolute atomic E-state index is 12.3. The van der Waals surface area contributed by atoms with Crippen LogP contribution in [0.5, 0.6) is 0 Å². The number of nitriles is 1. The standard InChI is InChI=1S/C26H18N2O5/c1-16-21(24(29)28-25(30)22(16)14-27)13-20-11-12-23(33-20)18-7-9-19(10-8-18)26(31)32-15-17-5-3-2-4-6-17/h2-13H,15H2,1H3,(H,28,29,30)/b21-13-. The molecule has 2 amide bonds. The summed E-state index contributed by atoms with van der Waals surface area (Å²) in [6.07, 6.45) is 1.48. The van der Waals surface area contributed by atoms with Gasteiger partial charge in [-0.2, -0.15) is 5.26 Å². The van der Waals surface area contributed by atoms with Crippen molar-refractivity contribution in [3.63, 3.8) is 0 Å². The number of benzene rings is 2. The fraction of sp³-hybridized carbons (Fsp3) is 0.0769. The fourth-order valence-electron chi connectivity index (χ4n) is 3.32. The zero-order valence-electron chi connectivity index (χ0n) is 17.6. The molecule has 0 bridgehead atoms. The number of nitrogens with one attached hydrogen (secondary N) is 1. The Bertz CT molecular complexity index is 1340. The van der Waals surface area contributed by atoms with Crippen molar-refractivity contribution in [2.45, 2.75) is 13.5 Å². The van der Waals surface area contributed by atoms with Crippen molar-refractivity contribution in [3.05, 3.63) is 100 Å². The summed E-state index contributed by atoms with van der Waals surface area (Å²) in [6.45, 7) is 1.73. The summed E-state index contributed by atoms with van der Waals surface area (Å²) < 4.78 is 11.1. The molecule has 0 spiro atoms. The molecule has 1 aliphatic heterocycles. The molecule has 0 fully saturated rings. The first-order valence-corrected chi connectivity index (χ1v) is 10.1. The lowest BCUT2D eigenvalue weighted by atomic mass is 9.96. The molecule has 0 atom stereocenters. The van der Waals surface area contributed by atoms with Crippen molar-refractivity contribution < 1.29 is 23.5 Å². The van der Waals surface area contributed by atoms with Gasteiger partial charge in [0.1, 0.15) is 29.8 Å². The number of hydrogen-bond acceptors (Lipinski definition) is 6. The lowest BCUT2D eigenvalue weighted by Crippen LogP contribution is -2.37. The minimum Gasteiger partial charge on any atom is -0.457 e. The topological polar surface area (TPSA) is 109 Å². The Kier molecular flexibility index (Phi) is 6.00. The Morgan fingerprint density at radius 1 is 1.03 bits per heavy atom. The smallest absolute Gasteiger partial charge is 0.338 e. The van der Waals surface area contributed by atoms with Gasteiger partial charge in [0.05, 0.1) is 5.56 Å². The summed E-state index contributed by atoms with van der Waals surface area (Å²) in [6, 6.07) is 21.4. The van der Waals surface area contributed by atoms with Gasteiger partial charge in [0.2, 0.25) is 0 Å². The molecule has 162 valence electrons. The molecule has 4 rings (SSSR count). The first kappa shape index (κ1) is 21.5. The molecule has 2 heterocycles. The van der Waals surface area contributed by atoms with Gasteiger partial charge in [0.15, 0.2) is 0 Å². The Labute approximate surface area is 189 Å². The number of carbonyl (C=O) groups is 3. The van der Waals surface area contributed by atoms with Gasteiger partial charge in [-0.15, -0.1) is 0 Å². The highest BCUT2D eigenvalue weighted by atomic mass is 16.5. The Morgan fingerprint density at radius 3 is 2.45 bits per heavy atom. The number of esters is 1. The molecule has 1 aromatic heterocycles. The average molecular weight is 438 g/mol. The summed E-state index contributed by atoms with van der Waals surface area (Å²) in [7, 11) is 0. The van der Waals surface area contributed by atoms with Crippen molar-refractivity contribution in [2.75, 3.05) is 0 Å². The van der Waals surface area contributed by atoms with Crippen molar-refractivity contribution >= 4 is 23.9 Å². The summed E-state index contributed by atoms with van der Waals surface area (Å²) in [5, 5.41) is 11.3. The first-order chi connectivity index (χ1) is 16.0. The normalized spacial score (nSPS) is 14.7. The van der Waals surface area contributed by atoms with Crippen LogP contribution in [0.3, 0.4) is 0 Å². The van der Waals surface area contributed by atoms with Gasteiger partial charge >= 0.3 is 5.97 Å². The van der Waals surface area contributed by atoms with E-state index in [1.165, 1.54) is 6.08 Å². The molecule has 33 heavy (non-hydrogen) atoms. The number of ether oxygens (including phenoxy) is 1. The van der Waals surface area contributed by atoms with E-state index in [2.05, 4.69) is 5.32 Å². The van der Waals surface area contributed by atoms with Gasteiger partial charge in [0.25, 0.3) is 11.8 Å². The Balaban J connectivity index is 1.49. The van der Waals surface area contributed by atoms with Crippen molar-refractivity contribution in [1.29, 1.82) is 5.26 Å². The average Bonchev–Trinajstić information content (AvgIpc) is 3.30. The number of nitrogens with zero attached hydrogens (tertiary/aromatic N) is 1. The molecule has 2 aromatic carbocycles. The summed E-state index contributed by atoms with van der Waals surface area (Å²) in [5.41, 5.74) is 2.42. The number of imide groups is 1. The predicted molar refractivity (Wildman–Crippen MR) is 119 cm³/mol. The van der Waals surface area contributed by atoms with E-state index in [4.69, 9.17) is 14.4 Å². The molecule has 3 aromatic rings.